The van der Waals surface area contributed by atoms with Crippen LogP contribution in [-0.4, -0.2) is 48.1 Å². The summed E-state index contributed by atoms with van der Waals surface area (Å²) in [6.07, 6.45) is 3.16. The number of fused-ring (bicyclic) bond motifs is 1. The molecule has 0 N–H and O–H groups in total. The number of hydrogen-bond donors (Lipinski definition) is 0. The molecule has 0 saturated heterocycles. The van der Waals surface area contributed by atoms with Gasteiger partial charge in [0.2, 0.25) is 0 Å². The SMILES string of the molecule is CC(C)N(CCCCOCC(=O)OC(C)(C)C)C1=NC(c2ccccc2)=C(c2ccccc2)C23CC2C13. The van der Waals surface area contributed by atoms with Gasteiger partial charge >= 0.3 is 5.97 Å². The largest absolute Gasteiger partial charge is 0.458 e. The molecule has 0 aromatic heterocycles. The van der Waals surface area contributed by atoms with E-state index in [1.54, 1.807) is 0 Å². The van der Waals surface area contributed by atoms with Gasteiger partial charge in [0.1, 0.15) is 18.0 Å². The zero-order chi connectivity index (χ0) is 26.2. The van der Waals surface area contributed by atoms with Crippen molar-refractivity contribution in [3.8, 4) is 0 Å². The Balaban J connectivity index is 1.30. The van der Waals surface area contributed by atoms with Crippen molar-refractivity contribution in [3.05, 3.63) is 71.8 Å². The highest BCUT2D eigenvalue weighted by molar-refractivity contribution is 6.10. The van der Waals surface area contributed by atoms with Gasteiger partial charge in [0, 0.05) is 36.1 Å². The topological polar surface area (TPSA) is 51.1 Å². The summed E-state index contributed by atoms with van der Waals surface area (Å²) >= 11 is 0. The maximum absolute atomic E-state index is 11.9. The van der Waals surface area contributed by atoms with E-state index in [1.165, 1.54) is 29.0 Å². The highest BCUT2D eigenvalue weighted by atomic mass is 16.6. The highest BCUT2D eigenvalue weighted by Crippen LogP contribution is 2.87. The molecule has 1 heterocycles. The standard InChI is InChI=1S/C32H40N2O3/c1-22(2)34(18-12-13-19-36-21-26(35)37-31(3,4)5)30-28-25-20-32(25,28)27(23-14-8-6-9-15-23)29(33-30)24-16-10-7-11-17-24/h6-11,14-17,22,25,28H,12-13,18-21H2,1-5H3. The number of hydrogen-bond acceptors (Lipinski definition) is 5. The van der Waals surface area contributed by atoms with Gasteiger partial charge in [-0.05, 0) is 70.9 Å². The number of aliphatic imine (C=N–C) groups is 1. The molecule has 3 unspecified atom stereocenters. The molecule has 37 heavy (non-hydrogen) atoms. The molecule has 3 atom stereocenters. The Labute approximate surface area is 221 Å². The molecule has 196 valence electrons. The van der Waals surface area contributed by atoms with Crippen LogP contribution < -0.4 is 0 Å². The number of carbonyl (C=O) groups excluding carboxylic acids is 1. The van der Waals surface area contributed by atoms with Crippen LogP contribution in [0.3, 0.4) is 0 Å². The summed E-state index contributed by atoms with van der Waals surface area (Å²) in [5, 5.41) is 0. The van der Waals surface area contributed by atoms with Crippen molar-refractivity contribution in [1.29, 1.82) is 0 Å². The smallest absolute Gasteiger partial charge is 0.332 e. The predicted octanol–water partition coefficient (Wildman–Crippen LogP) is 6.45. The number of unbranched alkanes of at least 4 members (excludes halogenated alkanes) is 1. The molecule has 1 aliphatic heterocycles. The molecule has 2 fully saturated rings. The molecule has 3 aliphatic rings. The minimum Gasteiger partial charge on any atom is -0.458 e. The maximum Gasteiger partial charge on any atom is 0.332 e. The van der Waals surface area contributed by atoms with Gasteiger partial charge in [-0.3, -0.25) is 0 Å². The van der Waals surface area contributed by atoms with Gasteiger partial charge in [0.25, 0.3) is 0 Å². The Morgan fingerprint density at radius 3 is 2.27 bits per heavy atom. The second-order valence-electron chi connectivity index (χ2n) is 11.9. The first-order chi connectivity index (χ1) is 17.7. The first-order valence-electron chi connectivity index (χ1n) is 13.7. The lowest BCUT2D eigenvalue weighted by Gasteiger charge is -2.36. The van der Waals surface area contributed by atoms with Gasteiger partial charge in [-0.2, -0.15) is 0 Å². The fourth-order valence-electron chi connectivity index (χ4n) is 5.93. The molecule has 2 aromatic rings. The number of allylic oxidation sites excluding steroid dienone is 1. The normalized spacial score (nSPS) is 23.8. The van der Waals surface area contributed by atoms with Crippen molar-refractivity contribution in [3.63, 3.8) is 0 Å². The van der Waals surface area contributed by atoms with Gasteiger partial charge < -0.3 is 14.4 Å². The van der Waals surface area contributed by atoms with E-state index in [0.29, 0.717) is 24.5 Å². The van der Waals surface area contributed by atoms with Crippen LogP contribution in [0.1, 0.15) is 65.0 Å². The van der Waals surface area contributed by atoms with Crippen molar-refractivity contribution >= 4 is 23.1 Å². The number of rotatable bonds is 10. The lowest BCUT2D eigenvalue weighted by Crippen LogP contribution is -2.42. The Bertz CT molecular complexity index is 1180. The van der Waals surface area contributed by atoms with Crippen molar-refractivity contribution in [2.45, 2.75) is 65.5 Å². The van der Waals surface area contributed by atoms with Gasteiger partial charge in [0.15, 0.2) is 0 Å². The van der Waals surface area contributed by atoms with Crippen LogP contribution >= 0.6 is 0 Å². The summed E-state index contributed by atoms with van der Waals surface area (Å²) in [6, 6.07) is 21.9. The predicted molar refractivity (Wildman–Crippen MR) is 149 cm³/mol. The lowest BCUT2D eigenvalue weighted by molar-refractivity contribution is -0.160. The molecular formula is C32H40N2O3. The van der Waals surface area contributed by atoms with Crippen molar-refractivity contribution < 1.29 is 14.3 Å². The van der Waals surface area contributed by atoms with Crippen LogP contribution in [0, 0.1) is 17.3 Å². The molecule has 5 nitrogen and oxygen atoms in total. The third-order valence-corrected chi connectivity index (χ3v) is 7.72. The average molecular weight is 501 g/mol. The number of ether oxygens (including phenoxy) is 2. The van der Waals surface area contributed by atoms with Gasteiger partial charge in [-0.1, -0.05) is 60.7 Å². The van der Waals surface area contributed by atoms with E-state index in [4.69, 9.17) is 14.5 Å². The Kier molecular flexibility index (Phi) is 7.01. The number of carbonyl (C=O) groups is 1. The molecule has 0 bridgehead atoms. The Morgan fingerprint density at radius 1 is 1.03 bits per heavy atom. The second kappa shape index (κ2) is 10.1. The Hall–Kier alpha value is -2.92. The zero-order valence-corrected chi connectivity index (χ0v) is 22.9. The molecule has 2 aromatic carbocycles. The first kappa shape index (κ1) is 25.7. The van der Waals surface area contributed by atoms with E-state index < -0.39 is 5.60 Å². The van der Waals surface area contributed by atoms with E-state index in [2.05, 4.69) is 79.4 Å². The van der Waals surface area contributed by atoms with E-state index in [9.17, 15) is 4.79 Å². The summed E-state index contributed by atoms with van der Waals surface area (Å²) in [7, 11) is 0. The van der Waals surface area contributed by atoms with E-state index in [1.807, 2.05) is 20.8 Å². The third-order valence-electron chi connectivity index (χ3n) is 7.72. The summed E-state index contributed by atoms with van der Waals surface area (Å²) in [5.41, 5.74) is 4.87. The van der Waals surface area contributed by atoms with Crippen LogP contribution in [0.15, 0.2) is 65.7 Å². The number of benzene rings is 2. The van der Waals surface area contributed by atoms with E-state index in [0.717, 1.165) is 25.1 Å². The minimum atomic E-state index is -0.479. The summed E-state index contributed by atoms with van der Waals surface area (Å²) in [4.78, 5) is 19.8. The van der Waals surface area contributed by atoms with Crippen LogP contribution in [0.2, 0.25) is 0 Å². The van der Waals surface area contributed by atoms with Gasteiger partial charge in [0.05, 0.1) is 5.70 Å². The highest BCUT2D eigenvalue weighted by Gasteiger charge is 2.83. The van der Waals surface area contributed by atoms with E-state index in [-0.39, 0.29) is 18.0 Å². The number of esters is 1. The van der Waals surface area contributed by atoms with Gasteiger partial charge in [-0.15, -0.1) is 0 Å². The molecule has 2 saturated carbocycles. The fraction of sp³-hybridized carbons (Fsp3) is 0.500. The summed E-state index contributed by atoms with van der Waals surface area (Å²) in [5.74, 6) is 2.20. The molecule has 5 rings (SSSR count). The quantitative estimate of drug-likeness (QED) is 0.278. The van der Waals surface area contributed by atoms with Crippen LogP contribution in [0.5, 0.6) is 0 Å². The molecule has 0 radical (unpaired) electrons. The molecule has 5 heteroatoms. The van der Waals surface area contributed by atoms with Crippen molar-refractivity contribution in [2.24, 2.45) is 22.2 Å². The monoisotopic (exact) mass is 500 g/mol. The van der Waals surface area contributed by atoms with Crippen molar-refractivity contribution in [1.82, 2.24) is 4.90 Å². The zero-order valence-electron chi connectivity index (χ0n) is 22.9. The van der Waals surface area contributed by atoms with Crippen molar-refractivity contribution in [2.75, 3.05) is 19.8 Å². The number of amidine groups is 1. The molecule has 2 aliphatic carbocycles. The molecule has 1 spiro atoms. The van der Waals surface area contributed by atoms with Crippen LogP contribution in [0.4, 0.5) is 0 Å². The maximum atomic E-state index is 11.9. The molecular weight excluding hydrogens is 460 g/mol. The number of nitrogens with zero attached hydrogens (tertiary/aromatic N) is 2. The van der Waals surface area contributed by atoms with E-state index >= 15 is 0 Å². The second-order valence-corrected chi connectivity index (χ2v) is 11.9. The molecule has 0 amide bonds. The Morgan fingerprint density at radius 2 is 1.68 bits per heavy atom. The fourth-order valence-corrected chi connectivity index (χ4v) is 5.93. The minimum absolute atomic E-state index is 0.0115. The summed E-state index contributed by atoms with van der Waals surface area (Å²) < 4.78 is 10.9. The third kappa shape index (κ3) is 5.24. The first-order valence-corrected chi connectivity index (χ1v) is 13.7. The summed E-state index contributed by atoms with van der Waals surface area (Å²) in [6.45, 7) is 11.6. The lowest BCUT2D eigenvalue weighted by atomic mass is 9.85. The van der Waals surface area contributed by atoms with Crippen LogP contribution in [0.25, 0.3) is 11.3 Å². The van der Waals surface area contributed by atoms with Gasteiger partial charge in [-0.25, -0.2) is 9.79 Å². The van der Waals surface area contributed by atoms with Crippen LogP contribution in [-0.2, 0) is 14.3 Å². The average Bonchev–Trinajstić information content (AvgIpc) is 3.73.